The van der Waals surface area contributed by atoms with Crippen LogP contribution in [0.4, 0.5) is 0 Å². The minimum atomic E-state index is -0.326. The van der Waals surface area contributed by atoms with Crippen LogP contribution < -0.4 is 0 Å². The number of benzene rings is 2. The topological polar surface area (TPSA) is 46.6 Å². The summed E-state index contributed by atoms with van der Waals surface area (Å²) in [5.74, 6) is -0.208. The molecule has 2 aromatic rings. The smallest absolute Gasteiger partial charge is 0.338 e. The Morgan fingerprint density at radius 3 is 2.55 bits per heavy atom. The number of rotatable bonds is 3. The number of carbonyl (C=O) groups is 2. The first-order valence-electron chi connectivity index (χ1n) is 7.45. The summed E-state index contributed by atoms with van der Waals surface area (Å²) in [4.78, 5) is 25.8. The van der Waals surface area contributed by atoms with Crippen molar-refractivity contribution in [1.82, 2.24) is 4.90 Å². The van der Waals surface area contributed by atoms with E-state index in [9.17, 15) is 9.59 Å². The van der Waals surface area contributed by atoms with E-state index in [1.54, 1.807) is 13.0 Å². The van der Waals surface area contributed by atoms with E-state index in [2.05, 4.69) is 0 Å². The predicted molar refractivity (Wildman–Crippen MR) is 84.9 cm³/mol. The van der Waals surface area contributed by atoms with E-state index in [1.807, 2.05) is 48.3 Å². The van der Waals surface area contributed by atoms with Gasteiger partial charge in [0.2, 0.25) is 0 Å². The number of fused-ring (bicyclic) bond motifs is 1. The van der Waals surface area contributed by atoms with E-state index < -0.39 is 0 Å². The number of hydrogen-bond donors (Lipinski definition) is 0. The van der Waals surface area contributed by atoms with Crippen LogP contribution in [0.25, 0.3) is 10.8 Å². The fourth-order valence-corrected chi connectivity index (χ4v) is 3.05. The van der Waals surface area contributed by atoms with Crippen LogP contribution in [-0.2, 0) is 9.53 Å². The highest BCUT2D eigenvalue weighted by molar-refractivity contribution is 5.95. The second kappa shape index (κ2) is 5.89. The molecule has 1 heterocycles. The zero-order valence-corrected chi connectivity index (χ0v) is 12.8. The van der Waals surface area contributed by atoms with Gasteiger partial charge in [0.15, 0.2) is 0 Å². The number of carbonyl (C=O) groups excluding carboxylic acids is 2. The average Bonchev–Trinajstić information content (AvgIpc) is 2.87. The Labute approximate surface area is 129 Å². The maximum atomic E-state index is 12.3. The van der Waals surface area contributed by atoms with E-state index in [1.165, 1.54) is 0 Å². The van der Waals surface area contributed by atoms with Gasteiger partial charge in [-0.25, -0.2) is 4.79 Å². The van der Waals surface area contributed by atoms with Crippen molar-refractivity contribution in [2.24, 2.45) is 0 Å². The maximum Gasteiger partial charge on any atom is 0.338 e. The van der Waals surface area contributed by atoms with Crippen molar-refractivity contribution >= 4 is 22.5 Å². The first-order chi connectivity index (χ1) is 10.5. The lowest BCUT2D eigenvalue weighted by molar-refractivity contribution is -0.120. The third-order valence-corrected chi connectivity index (χ3v) is 4.24. The van der Waals surface area contributed by atoms with Crippen LogP contribution in [0.15, 0.2) is 42.5 Å². The molecule has 2 unspecified atom stereocenters. The molecule has 1 fully saturated rings. The van der Waals surface area contributed by atoms with Gasteiger partial charge in [-0.05, 0) is 36.9 Å². The van der Waals surface area contributed by atoms with E-state index in [-0.39, 0.29) is 23.9 Å². The minimum absolute atomic E-state index is 0.117. The predicted octanol–water partition coefficient (Wildman–Crippen LogP) is 2.66. The first kappa shape index (κ1) is 14.7. The molecule has 1 aliphatic heterocycles. The van der Waals surface area contributed by atoms with Gasteiger partial charge < -0.3 is 4.74 Å². The van der Waals surface area contributed by atoms with E-state index in [0.717, 1.165) is 10.8 Å². The molecule has 0 saturated carbocycles. The van der Waals surface area contributed by atoms with Gasteiger partial charge in [-0.3, -0.25) is 9.69 Å². The standard InChI is InChI=1S/C18H19NO3/c1-12(20)17-10-16(11-19(17)2)22-18(21)15-8-7-13-5-3-4-6-14(13)9-15/h3-9,16-17H,10-11H2,1-2H3. The van der Waals surface area contributed by atoms with E-state index in [4.69, 9.17) is 4.74 Å². The van der Waals surface area contributed by atoms with Crippen LogP contribution in [0.2, 0.25) is 0 Å². The average molecular weight is 297 g/mol. The third kappa shape index (κ3) is 2.88. The van der Waals surface area contributed by atoms with Gasteiger partial charge in [0.05, 0.1) is 11.6 Å². The second-order valence-electron chi connectivity index (χ2n) is 5.89. The van der Waals surface area contributed by atoms with Crippen LogP contribution in [0.3, 0.4) is 0 Å². The number of likely N-dealkylation sites (tertiary alicyclic amines) is 1. The Hall–Kier alpha value is -2.20. The summed E-state index contributed by atoms with van der Waals surface area (Å²) in [5.41, 5.74) is 0.549. The summed E-state index contributed by atoms with van der Waals surface area (Å²) >= 11 is 0. The molecule has 0 aromatic heterocycles. The zero-order valence-electron chi connectivity index (χ0n) is 12.8. The van der Waals surface area contributed by atoms with Gasteiger partial charge in [-0.2, -0.15) is 0 Å². The molecule has 0 aliphatic carbocycles. The van der Waals surface area contributed by atoms with Crippen molar-refractivity contribution in [2.45, 2.75) is 25.5 Å². The molecule has 0 bridgehead atoms. The van der Waals surface area contributed by atoms with Crippen LogP contribution in [0.5, 0.6) is 0 Å². The number of esters is 1. The molecule has 1 saturated heterocycles. The quantitative estimate of drug-likeness (QED) is 0.817. The lowest BCUT2D eigenvalue weighted by Gasteiger charge is -2.14. The summed E-state index contributed by atoms with van der Waals surface area (Å²) < 4.78 is 5.56. The zero-order chi connectivity index (χ0) is 15.7. The Morgan fingerprint density at radius 1 is 1.14 bits per heavy atom. The van der Waals surface area contributed by atoms with Gasteiger partial charge in [0.25, 0.3) is 0 Å². The first-order valence-corrected chi connectivity index (χ1v) is 7.45. The molecule has 1 aliphatic rings. The molecule has 4 nitrogen and oxygen atoms in total. The SMILES string of the molecule is CC(=O)C1CC(OC(=O)c2ccc3ccccc3c2)CN1C. The highest BCUT2D eigenvalue weighted by Gasteiger charge is 2.34. The van der Waals surface area contributed by atoms with Crippen molar-refractivity contribution in [1.29, 1.82) is 0 Å². The summed E-state index contributed by atoms with van der Waals surface area (Å²) in [6.07, 6.45) is 0.350. The minimum Gasteiger partial charge on any atom is -0.457 e. The van der Waals surface area contributed by atoms with Gasteiger partial charge in [-0.1, -0.05) is 30.3 Å². The van der Waals surface area contributed by atoms with Gasteiger partial charge in [-0.15, -0.1) is 0 Å². The normalized spacial score (nSPS) is 21.9. The van der Waals surface area contributed by atoms with Crippen LogP contribution >= 0.6 is 0 Å². The van der Waals surface area contributed by atoms with Crippen molar-refractivity contribution in [2.75, 3.05) is 13.6 Å². The highest BCUT2D eigenvalue weighted by atomic mass is 16.5. The summed E-state index contributed by atoms with van der Waals surface area (Å²) in [6, 6.07) is 13.3. The molecule has 2 atom stereocenters. The van der Waals surface area contributed by atoms with Gasteiger partial charge >= 0.3 is 5.97 Å². The van der Waals surface area contributed by atoms with Crippen molar-refractivity contribution in [3.63, 3.8) is 0 Å². The van der Waals surface area contributed by atoms with E-state index in [0.29, 0.717) is 18.5 Å². The molecule has 0 N–H and O–H groups in total. The highest BCUT2D eigenvalue weighted by Crippen LogP contribution is 2.22. The number of ether oxygens (including phenoxy) is 1. The van der Waals surface area contributed by atoms with Crippen LogP contribution in [0, 0.1) is 0 Å². The molecule has 4 heteroatoms. The molecule has 0 radical (unpaired) electrons. The molecule has 114 valence electrons. The largest absolute Gasteiger partial charge is 0.457 e. The van der Waals surface area contributed by atoms with Crippen molar-refractivity contribution in [3.8, 4) is 0 Å². The molecular formula is C18H19NO3. The maximum absolute atomic E-state index is 12.3. The summed E-state index contributed by atoms with van der Waals surface area (Å²) in [7, 11) is 1.88. The fourth-order valence-electron chi connectivity index (χ4n) is 3.05. The van der Waals surface area contributed by atoms with Gasteiger partial charge in [0, 0.05) is 13.0 Å². The summed E-state index contributed by atoms with van der Waals surface area (Å²) in [6.45, 7) is 2.18. The molecular weight excluding hydrogens is 278 g/mol. The lowest BCUT2D eigenvalue weighted by Crippen LogP contribution is -2.31. The number of Topliss-reactive ketones (excluding diaryl/α,β-unsaturated/α-hetero) is 1. The molecule has 0 spiro atoms. The Bertz CT molecular complexity index is 725. The number of nitrogens with zero attached hydrogens (tertiary/aromatic N) is 1. The third-order valence-electron chi connectivity index (χ3n) is 4.24. The lowest BCUT2D eigenvalue weighted by atomic mass is 10.1. The molecule has 2 aromatic carbocycles. The number of hydrogen-bond acceptors (Lipinski definition) is 4. The summed E-state index contributed by atoms with van der Waals surface area (Å²) in [5, 5.41) is 2.11. The number of likely N-dealkylation sites (N-methyl/N-ethyl adjacent to an activating group) is 1. The second-order valence-corrected chi connectivity index (χ2v) is 5.89. The van der Waals surface area contributed by atoms with Gasteiger partial charge in [0.1, 0.15) is 11.9 Å². The van der Waals surface area contributed by atoms with E-state index >= 15 is 0 Å². The Kier molecular flexibility index (Phi) is 3.94. The molecule has 0 amide bonds. The van der Waals surface area contributed by atoms with Crippen molar-refractivity contribution < 1.29 is 14.3 Å². The van der Waals surface area contributed by atoms with Crippen LogP contribution in [0.1, 0.15) is 23.7 Å². The molecule has 3 rings (SSSR count). The fraction of sp³-hybridized carbons (Fsp3) is 0.333. The Morgan fingerprint density at radius 2 is 1.86 bits per heavy atom. The monoisotopic (exact) mass is 297 g/mol. The number of ketones is 1. The van der Waals surface area contributed by atoms with Crippen LogP contribution in [-0.4, -0.2) is 42.4 Å². The van der Waals surface area contributed by atoms with Crippen molar-refractivity contribution in [3.05, 3.63) is 48.0 Å². The molecule has 22 heavy (non-hydrogen) atoms. The Balaban J connectivity index is 1.72.